The van der Waals surface area contributed by atoms with Crippen LogP contribution in [0.15, 0.2) is 35.1 Å². The van der Waals surface area contributed by atoms with Gasteiger partial charge in [-0.1, -0.05) is 12.0 Å². The minimum absolute atomic E-state index is 0.00856. The van der Waals surface area contributed by atoms with E-state index in [4.69, 9.17) is 5.11 Å². The second-order valence-electron chi connectivity index (χ2n) is 4.21. The van der Waals surface area contributed by atoms with Gasteiger partial charge >= 0.3 is 0 Å². The summed E-state index contributed by atoms with van der Waals surface area (Å²) in [5.74, 6) is 4.84. The molecule has 0 aliphatic heterocycles. The molecule has 1 amide bonds. The monoisotopic (exact) mass is 283 g/mol. The van der Waals surface area contributed by atoms with Gasteiger partial charge in [0.25, 0.3) is 11.5 Å². The quantitative estimate of drug-likeness (QED) is 0.706. The van der Waals surface area contributed by atoms with E-state index in [1.54, 1.807) is 31.2 Å². The van der Waals surface area contributed by atoms with Crippen molar-refractivity contribution in [3.05, 3.63) is 57.6 Å². The molecular weight excluding hydrogens is 270 g/mol. The number of rotatable bonds is 2. The third-order valence-corrected chi connectivity index (χ3v) is 2.59. The predicted octanol–water partition coefficient (Wildman–Crippen LogP) is 0.674. The molecule has 0 aromatic carbocycles. The maximum atomic E-state index is 12.0. The van der Waals surface area contributed by atoms with Crippen molar-refractivity contribution >= 4 is 11.7 Å². The zero-order valence-corrected chi connectivity index (χ0v) is 11.3. The molecule has 0 bridgehead atoms. The minimum atomic E-state index is -0.545. The third kappa shape index (κ3) is 3.78. The molecule has 0 aliphatic carbocycles. The molecule has 0 spiro atoms. The topological polar surface area (TPSA) is 95.1 Å². The molecule has 2 heterocycles. The Morgan fingerprint density at radius 3 is 2.90 bits per heavy atom. The number of aliphatic hydroxyl groups excluding tert-OH is 1. The highest BCUT2D eigenvalue weighted by molar-refractivity contribution is 6.03. The van der Waals surface area contributed by atoms with E-state index in [0.717, 1.165) is 0 Å². The summed E-state index contributed by atoms with van der Waals surface area (Å²) >= 11 is 0. The van der Waals surface area contributed by atoms with Crippen LogP contribution in [0.5, 0.6) is 0 Å². The number of aromatic nitrogens is 2. The molecule has 2 aromatic heterocycles. The maximum absolute atomic E-state index is 12.0. The molecule has 21 heavy (non-hydrogen) atoms. The molecule has 0 saturated carbocycles. The number of aromatic amines is 1. The van der Waals surface area contributed by atoms with Gasteiger partial charge in [0.1, 0.15) is 23.7 Å². The second-order valence-corrected chi connectivity index (χ2v) is 4.21. The van der Waals surface area contributed by atoms with E-state index >= 15 is 0 Å². The van der Waals surface area contributed by atoms with E-state index in [-0.39, 0.29) is 18.0 Å². The van der Waals surface area contributed by atoms with Crippen LogP contribution in [-0.2, 0) is 0 Å². The van der Waals surface area contributed by atoms with Crippen molar-refractivity contribution in [3.63, 3.8) is 0 Å². The molecule has 2 aromatic rings. The van der Waals surface area contributed by atoms with E-state index in [0.29, 0.717) is 11.4 Å². The first-order valence-corrected chi connectivity index (χ1v) is 6.18. The lowest BCUT2D eigenvalue weighted by Crippen LogP contribution is -2.23. The number of nitrogens with one attached hydrogen (secondary N) is 2. The molecule has 106 valence electrons. The van der Waals surface area contributed by atoms with Gasteiger partial charge in [0.2, 0.25) is 0 Å². The van der Waals surface area contributed by atoms with Crippen molar-refractivity contribution in [1.29, 1.82) is 0 Å². The van der Waals surface area contributed by atoms with Crippen LogP contribution in [0.1, 0.15) is 21.7 Å². The van der Waals surface area contributed by atoms with Crippen LogP contribution in [0.25, 0.3) is 0 Å². The molecule has 0 atom stereocenters. The van der Waals surface area contributed by atoms with Crippen molar-refractivity contribution in [2.45, 2.75) is 6.92 Å². The first-order chi connectivity index (χ1) is 10.1. The highest BCUT2D eigenvalue weighted by Gasteiger charge is 2.11. The number of H-pyrrole nitrogens is 1. The first kappa shape index (κ1) is 14.5. The number of amides is 1. The predicted molar refractivity (Wildman–Crippen MR) is 78.0 cm³/mol. The summed E-state index contributed by atoms with van der Waals surface area (Å²) in [6.07, 6.45) is 0. The van der Waals surface area contributed by atoms with Crippen molar-refractivity contribution in [1.82, 2.24) is 9.97 Å². The molecule has 3 N–H and O–H groups in total. The Balaban J connectivity index is 2.21. The van der Waals surface area contributed by atoms with E-state index in [9.17, 15) is 9.59 Å². The zero-order chi connectivity index (χ0) is 15.2. The fourth-order valence-corrected chi connectivity index (χ4v) is 1.64. The van der Waals surface area contributed by atoms with Crippen molar-refractivity contribution in [2.24, 2.45) is 0 Å². The Morgan fingerprint density at radius 1 is 1.38 bits per heavy atom. The standard InChI is InChI=1S/C15H13N3O3/c1-10-7-8-12(14(20)16-10)15(21)18-13-6-2-4-11(17-13)5-3-9-19/h2,4,6-8,19H,9H2,1H3,(H,16,20)(H,17,18,21). The lowest BCUT2D eigenvalue weighted by atomic mass is 10.2. The smallest absolute Gasteiger partial charge is 0.262 e. The van der Waals surface area contributed by atoms with Crippen molar-refractivity contribution < 1.29 is 9.90 Å². The SMILES string of the molecule is Cc1ccc(C(=O)Nc2cccc(C#CCO)n2)c(=O)[nH]1. The number of aryl methyl sites for hydroxylation is 1. The van der Waals surface area contributed by atoms with E-state index in [2.05, 4.69) is 27.1 Å². The van der Waals surface area contributed by atoms with Crippen LogP contribution in [0.4, 0.5) is 5.82 Å². The van der Waals surface area contributed by atoms with Gasteiger partial charge in [-0.3, -0.25) is 9.59 Å². The molecule has 0 unspecified atom stereocenters. The summed E-state index contributed by atoms with van der Waals surface area (Å²) in [6.45, 7) is 1.46. The van der Waals surface area contributed by atoms with E-state index in [1.165, 1.54) is 6.07 Å². The van der Waals surface area contributed by atoms with E-state index in [1.807, 2.05) is 0 Å². The number of aliphatic hydroxyl groups is 1. The first-order valence-electron chi connectivity index (χ1n) is 6.18. The number of carbonyl (C=O) groups is 1. The van der Waals surface area contributed by atoms with Gasteiger partial charge in [0.05, 0.1) is 0 Å². The van der Waals surface area contributed by atoms with Crippen molar-refractivity contribution in [2.75, 3.05) is 11.9 Å². The lowest BCUT2D eigenvalue weighted by Gasteiger charge is -2.04. The summed E-state index contributed by atoms with van der Waals surface area (Å²) in [5.41, 5.74) is 0.647. The highest BCUT2D eigenvalue weighted by atomic mass is 16.2. The van der Waals surface area contributed by atoms with Gasteiger partial charge in [0, 0.05) is 5.69 Å². The molecule has 0 fully saturated rings. The zero-order valence-electron chi connectivity index (χ0n) is 11.3. The van der Waals surface area contributed by atoms with Gasteiger partial charge in [-0.2, -0.15) is 0 Å². The Bertz CT molecular complexity index is 784. The Hall–Kier alpha value is -2.91. The minimum Gasteiger partial charge on any atom is -0.384 e. The molecule has 6 nitrogen and oxygen atoms in total. The number of hydrogen-bond acceptors (Lipinski definition) is 4. The molecular formula is C15H13N3O3. The molecule has 0 saturated heterocycles. The van der Waals surface area contributed by atoms with Crippen LogP contribution < -0.4 is 10.9 Å². The van der Waals surface area contributed by atoms with Gasteiger partial charge in [-0.05, 0) is 37.1 Å². The summed E-state index contributed by atoms with van der Waals surface area (Å²) in [7, 11) is 0. The van der Waals surface area contributed by atoms with Crippen LogP contribution in [-0.4, -0.2) is 27.6 Å². The largest absolute Gasteiger partial charge is 0.384 e. The summed E-state index contributed by atoms with van der Waals surface area (Å²) < 4.78 is 0. The van der Waals surface area contributed by atoms with E-state index < -0.39 is 11.5 Å². The summed E-state index contributed by atoms with van der Waals surface area (Å²) in [5, 5.41) is 11.2. The number of anilines is 1. The van der Waals surface area contributed by atoms with Gasteiger partial charge in [-0.25, -0.2) is 4.98 Å². The van der Waals surface area contributed by atoms with Crippen molar-refractivity contribution in [3.8, 4) is 11.8 Å². The van der Waals surface area contributed by atoms with Crippen LogP contribution >= 0.6 is 0 Å². The third-order valence-electron chi connectivity index (χ3n) is 2.59. The van der Waals surface area contributed by atoms with Crippen LogP contribution in [0.2, 0.25) is 0 Å². The average molecular weight is 283 g/mol. The lowest BCUT2D eigenvalue weighted by molar-refractivity contribution is 0.102. The summed E-state index contributed by atoms with van der Waals surface area (Å²) in [6, 6.07) is 8.01. The Labute approximate surface area is 120 Å². The fourth-order valence-electron chi connectivity index (χ4n) is 1.64. The number of carbonyl (C=O) groups excluding carboxylic acids is 1. The summed E-state index contributed by atoms with van der Waals surface area (Å²) in [4.78, 5) is 30.4. The molecule has 2 rings (SSSR count). The maximum Gasteiger partial charge on any atom is 0.262 e. The molecule has 0 aliphatic rings. The molecule has 0 radical (unpaired) electrons. The van der Waals surface area contributed by atoms with Crippen LogP contribution in [0, 0.1) is 18.8 Å². The Kier molecular flexibility index (Phi) is 4.49. The average Bonchev–Trinajstić information content (AvgIpc) is 2.45. The second kappa shape index (κ2) is 6.50. The van der Waals surface area contributed by atoms with Gasteiger partial charge < -0.3 is 15.4 Å². The fraction of sp³-hybridized carbons (Fsp3) is 0.133. The number of hydrogen-bond donors (Lipinski definition) is 3. The van der Waals surface area contributed by atoms with Gasteiger partial charge in [0.15, 0.2) is 0 Å². The highest BCUT2D eigenvalue weighted by Crippen LogP contribution is 2.06. The normalized spacial score (nSPS) is 9.62. The van der Waals surface area contributed by atoms with Gasteiger partial charge in [-0.15, -0.1) is 0 Å². The number of pyridine rings is 2. The van der Waals surface area contributed by atoms with Crippen LogP contribution in [0.3, 0.4) is 0 Å². The number of nitrogens with zero attached hydrogens (tertiary/aromatic N) is 1. The molecule has 6 heteroatoms. The Morgan fingerprint density at radius 2 is 2.19 bits per heavy atom.